The van der Waals surface area contributed by atoms with E-state index in [4.69, 9.17) is 0 Å². The van der Waals surface area contributed by atoms with Gasteiger partial charge in [0.2, 0.25) is 5.91 Å². The Balaban J connectivity index is 1.91. The highest BCUT2D eigenvalue weighted by molar-refractivity contribution is 9.10. The molecule has 1 aliphatic heterocycles. The lowest BCUT2D eigenvalue weighted by atomic mass is 10.1. The van der Waals surface area contributed by atoms with Gasteiger partial charge in [0.1, 0.15) is 0 Å². The number of rotatable bonds is 4. The van der Waals surface area contributed by atoms with Gasteiger partial charge in [0.05, 0.1) is 17.5 Å². The Morgan fingerprint density at radius 1 is 1.48 bits per heavy atom. The number of nitrogens with one attached hydrogen (secondary N) is 2. The minimum atomic E-state index is -3.01. The van der Waals surface area contributed by atoms with Crippen molar-refractivity contribution in [3.05, 3.63) is 34.3 Å². The molecule has 1 saturated heterocycles. The highest BCUT2D eigenvalue weighted by atomic mass is 79.9. The van der Waals surface area contributed by atoms with Gasteiger partial charge in [-0.25, -0.2) is 8.42 Å². The van der Waals surface area contributed by atoms with E-state index >= 15 is 0 Å². The Hall–Kier alpha value is -0.920. The van der Waals surface area contributed by atoms with Crippen molar-refractivity contribution in [1.29, 1.82) is 0 Å². The highest BCUT2D eigenvalue weighted by Crippen LogP contribution is 2.22. The Bertz CT molecular complexity index is 618. The van der Waals surface area contributed by atoms with Crippen LogP contribution in [0, 0.1) is 0 Å². The maximum Gasteiger partial charge on any atom is 0.222 e. The van der Waals surface area contributed by atoms with Gasteiger partial charge >= 0.3 is 0 Å². The van der Waals surface area contributed by atoms with E-state index in [0.29, 0.717) is 6.54 Å². The van der Waals surface area contributed by atoms with Gasteiger partial charge in [-0.1, -0.05) is 34.1 Å². The number of halogens is 1. The molecule has 0 aromatic heterocycles. The van der Waals surface area contributed by atoms with Gasteiger partial charge in [0.25, 0.3) is 0 Å². The molecule has 21 heavy (non-hydrogen) atoms. The quantitative estimate of drug-likeness (QED) is 0.835. The van der Waals surface area contributed by atoms with Crippen molar-refractivity contribution in [2.24, 2.45) is 0 Å². The predicted molar refractivity (Wildman–Crippen MR) is 85.8 cm³/mol. The number of hydrogen-bond donors (Lipinski definition) is 2. The van der Waals surface area contributed by atoms with Crippen molar-refractivity contribution < 1.29 is 13.2 Å². The molecule has 116 valence electrons. The minimum Gasteiger partial charge on any atom is -0.349 e. The summed E-state index contributed by atoms with van der Waals surface area (Å²) in [4.78, 5) is 12.1. The van der Waals surface area contributed by atoms with Gasteiger partial charge in [-0.3, -0.25) is 4.79 Å². The molecular formula is C14H19BrN2O3S. The van der Waals surface area contributed by atoms with Crippen molar-refractivity contribution >= 4 is 31.7 Å². The fourth-order valence-electron chi connectivity index (χ4n) is 2.43. The third-order valence-corrected chi connectivity index (χ3v) is 5.94. The summed E-state index contributed by atoms with van der Waals surface area (Å²) in [5.74, 6) is 0.0373. The molecule has 0 bridgehead atoms. The number of hydrogen-bond acceptors (Lipinski definition) is 4. The second-order valence-corrected chi connectivity index (χ2v) is 8.36. The molecule has 5 nitrogen and oxygen atoms in total. The minimum absolute atomic E-state index is 0.0316. The fraction of sp³-hybridized carbons (Fsp3) is 0.500. The average Bonchev–Trinajstić information content (AvgIpc) is 2.37. The van der Waals surface area contributed by atoms with Crippen molar-refractivity contribution in [1.82, 2.24) is 10.6 Å². The fourth-order valence-corrected chi connectivity index (χ4v) is 4.50. The molecule has 1 heterocycles. The number of benzene rings is 1. The monoisotopic (exact) mass is 374 g/mol. The molecule has 0 aliphatic carbocycles. The topological polar surface area (TPSA) is 75.3 Å². The molecule has 1 amide bonds. The van der Waals surface area contributed by atoms with E-state index in [1.807, 2.05) is 31.2 Å². The van der Waals surface area contributed by atoms with Crippen molar-refractivity contribution in [2.45, 2.75) is 25.4 Å². The van der Waals surface area contributed by atoms with Crippen LogP contribution in [0.2, 0.25) is 0 Å². The van der Waals surface area contributed by atoms with E-state index in [0.717, 1.165) is 10.0 Å². The predicted octanol–water partition coefficient (Wildman–Crippen LogP) is 1.40. The van der Waals surface area contributed by atoms with E-state index in [2.05, 4.69) is 26.6 Å². The molecule has 1 unspecified atom stereocenters. The number of carbonyl (C=O) groups is 1. The lowest BCUT2D eigenvalue weighted by Gasteiger charge is -2.24. The molecule has 2 atom stereocenters. The molecule has 2 rings (SSSR count). The molecule has 1 aromatic carbocycles. The summed E-state index contributed by atoms with van der Waals surface area (Å²) < 4.78 is 24.0. The van der Waals surface area contributed by atoms with Gasteiger partial charge in [0, 0.05) is 23.5 Å². The van der Waals surface area contributed by atoms with Gasteiger partial charge in [-0.05, 0) is 18.6 Å². The summed E-state index contributed by atoms with van der Waals surface area (Å²) in [6, 6.07) is 7.27. The second kappa shape index (κ2) is 6.89. The summed E-state index contributed by atoms with van der Waals surface area (Å²) in [5.41, 5.74) is 0.995. The Labute approximate surface area is 133 Å². The van der Waals surface area contributed by atoms with E-state index < -0.39 is 9.84 Å². The summed E-state index contributed by atoms with van der Waals surface area (Å²) in [5, 5.41) is 5.99. The number of sulfone groups is 1. The van der Waals surface area contributed by atoms with E-state index in [-0.39, 0.29) is 35.9 Å². The molecule has 1 aliphatic rings. The highest BCUT2D eigenvalue weighted by Gasteiger charge is 2.26. The maximum absolute atomic E-state index is 12.1. The molecule has 0 saturated carbocycles. The normalized spacial score (nSPS) is 22.5. The lowest BCUT2D eigenvalue weighted by molar-refractivity contribution is -0.122. The van der Waals surface area contributed by atoms with Crippen LogP contribution in [0.3, 0.4) is 0 Å². The molecule has 7 heteroatoms. The molecule has 2 N–H and O–H groups in total. The first-order chi connectivity index (χ1) is 9.87. The van der Waals surface area contributed by atoms with Crippen LogP contribution in [-0.2, 0) is 14.6 Å². The zero-order chi connectivity index (χ0) is 15.5. The van der Waals surface area contributed by atoms with Gasteiger partial charge < -0.3 is 10.6 Å². The van der Waals surface area contributed by atoms with Crippen LogP contribution in [0.25, 0.3) is 0 Å². The first-order valence-corrected chi connectivity index (χ1v) is 9.46. The van der Waals surface area contributed by atoms with E-state index in [1.165, 1.54) is 0 Å². The van der Waals surface area contributed by atoms with Gasteiger partial charge in [-0.2, -0.15) is 0 Å². The van der Waals surface area contributed by atoms with Crippen molar-refractivity contribution in [3.8, 4) is 0 Å². The summed E-state index contributed by atoms with van der Waals surface area (Å²) in [7, 11) is -3.01. The SMILES string of the molecule is C[C@H](NC(=O)CC1CS(=O)(=O)CCN1)c1ccccc1Br. The van der Waals surface area contributed by atoms with Crippen LogP contribution in [0.1, 0.15) is 24.9 Å². The molecular weight excluding hydrogens is 356 g/mol. The molecule has 0 spiro atoms. The first kappa shape index (κ1) is 16.5. The van der Waals surface area contributed by atoms with Crippen LogP contribution in [0.5, 0.6) is 0 Å². The number of amides is 1. The average molecular weight is 375 g/mol. The largest absolute Gasteiger partial charge is 0.349 e. The number of carbonyl (C=O) groups excluding carboxylic acids is 1. The van der Waals surface area contributed by atoms with E-state index in [1.54, 1.807) is 0 Å². The molecule has 1 fully saturated rings. The second-order valence-electron chi connectivity index (χ2n) is 5.28. The zero-order valence-corrected chi connectivity index (χ0v) is 14.2. The molecule has 0 radical (unpaired) electrons. The smallest absolute Gasteiger partial charge is 0.222 e. The lowest BCUT2D eigenvalue weighted by Crippen LogP contribution is -2.47. The summed E-state index contributed by atoms with van der Waals surface area (Å²) in [6.45, 7) is 2.32. The first-order valence-electron chi connectivity index (χ1n) is 6.85. The van der Waals surface area contributed by atoms with Gasteiger partial charge in [0.15, 0.2) is 9.84 Å². The third-order valence-electron chi connectivity index (χ3n) is 3.48. The summed E-state index contributed by atoms with van der Waals surface area (Å²) >= 11 is 3.46. The zero-order valence-electron chi connectivity index (χ0n) is 11.8. The standard InChI is InChI=1S/C14H19BrN2O3S/c1-10(12-4-2-3-5-13(12)15)17-14(18)8-11-9-21(19,20)7-6-16-11/h2-5,10-11,16H,6-9H2,1H3,(H,17,18)/t10-,11?/m0/s1. The Kier molecular flexibility index (Phi) is 5.40. The Morgan fingerprint density at radius 3 is 2.86 bits per heavy atom. The summed E-state index contributed by atoms with van der Waals surface area (Å²) in [6.07, 6.45) is 0.175. The van der Waals surface area contributed by atoms with E-state index in [9.17, 15) is 13.2 Å². The van der Waals surface area contributed by atoms with Crippen molar-refractivity contribution in [2.75, 3.05) is 18.1 Å². The van der Waals surface area contributed by atoms with Crippen LogP contribution < -0.4 is 10.6 Å². The van der Waals surface area contributed by atoms with Gasteiger partial charge in [-0.15, -0.1) is 0 Å². The van der Waals surface area contributed by atoms with Crippen LogP contribution in [0.4, 0.5) is 0 Å². The Morgan fingerprint density at radius 2 is 2.19 bits per heavy atom. The molecule has 1 aromatic rings. The van der Waals surface area contributed by atoms with Crippen LogP contribution in [-0.4, -0.2) is 38.4 Å². The van der Waals surface area contributed by atoms with Crippen LogP contribution >= 0.6 is 15.9 Å². The third kappa shape index (κ3) is 4.79. The van der Waals surface area contributed by atoms with Crippen molar-refractivity contribution in [3.63, 3.8) is 0 Å². The van der Waals surface area contributed by atoms with Crippen LogP contribution in [0.15, 0.2) is 28.7 Å². The maximum atomic E-state index is 12.1.